The lowest BCUT2D eigenvalue weighted by atomic mass is 10.0. The van der Waals surface area contributed by atoms with Gasteiger partial charge in [0.1, 0.15) is 6.04 Å². The van der Waals surface area contributed by atoms with Crippen LogP contribution < -0.4 is 5.32 Å². The van der Waals surface area contributed by atoms with Gasteiger partial charge in [0.15, 0.2) is 0 Å². The third-order valence-corrected chi connectivity index (χ3v) is 5.30. The molecule has 0 heterocycles. The van der Waals surface area contributed by atoms with Crippen molar-refractivity contribution in [3.63, 3.8) is 0 Å². The molecule has 5 heteroatoms. The van der Waals surface area contributed by atoms with Crippen molar-refractivity contribution in [2.75, 3.05) is 6.54 Å². The number of halogens is 1. The van der Waals surface area contributed by atoms with Gasteiger partial charge in [0.05, 0.1) is 6.42 Å². The van der Waals surface area contributed by atoms with E-state index in [1.807, 2.05) is 79.7 Å². The van der Waals surface area contributed by atoms with Crippen molar-refractivity contribution in [3.05, 3.63) is 107 Å². The number of carbonyl (C=O) groups is 2. The molecule has 0 aliphatic carbocycles. The fourth-order valence-electron chi connectivity index (χ4n) is 3.55. The molecule has 0 saturated heterocycles. The molecular weight excluding hydrogens is 408 g/mol. The van der Waals surface area contributed by atoms with E-state index >= 15 is 0 Å². The van der Waals surface area contributed by atoms with Gasteiger partial charge in [-0.3, -0.25) is 9.59 Å². The number of rotatable bonds is 9. The Balaban J connectivity index is 1.93. The third-order valence-electron chi connectivity index (χ3n) is 5.06. The van der Waals surface area contributed by atoms with E-state index in [4.69, 9.17) is 11.6 Å². The lowest BCUT2D eigenvalue weighted by Crippen LogP contribution is -2.50. The first-order chi connectivity index (χ1) is 15.1. The van der Waals surface area contributed by atoms with Crippen LogP contribution in [0.4, 0.5) is 0 Å². The fraction of sp³-hybridized carbons (Fsp3) is 0.231. The number of nitrogens with one attached hydrogen (secondary N) is 1. The summed E-state index contributed by atoms with van der Waals surface area (Å²) in [7, 11) is 0. The topological polar surface area (TPSA) is 49.4 Å². The number of benzene rings is 3. The number of amides is 2. The molecule has 4 nitrogen and oxygen atoms in total. The lowest BCUT2D eigenvalue weighted by molar-refractivity contribution is -0.140. The van der Waals surface area contributed by atoms with Crippen molar-refractivity contribution >= 4 is 23.4 Å². The molecule has 0 aromatic heterocycles. The standard InChI is InChI=1S/C26H27ClN2O2/c1-2-28-26(31)24(17-20-10-5-3-6-11-20)29(19-21-12-7-4-8-13-21)25(30)18-22-14-9-15-23(27)16-22/h3-16,24H,2,17-19H2,1H3,(H,28,31). The summed E-state index contributed by atoms with van der Waals surface area (Å²) in [5, 5.41) is 3.49. The van der Waals surface area contributed by atoms with Gasteiger partial charge in [-0.2, -0.15) is 0 Å². The minimum atomic E-state index is -0.616. The summed E-state index contributed by atoms with van der Waals surface area (Å²) in [5.41, 5.74) is 2.81. The summed E-state index contributed by atoms with van der Waals surface area (Å²) in [6, 6.07) is 26.2. The molecule has 3 rings (SSSR count). The highest BCUT2D eigenvalue weighted by atomic mass is 35.5. The number of hydrogen-bond acceptors (Lipinski definition) is 2. The monoisotopic (exact) mass is 434 g/mol. The zero-order valence-electron chi connectivity index (χ0n) is 17.6. The molecule has 1 atom stereocenters. The minimum Gasteiger partial charge on any atom is -0.355 e. The molecule has 1 N–H and O–H groups in total. The van der Waals surface area contributed by atoms with Crippen LogP contribution in [0.5, 0.6) is 0 Å². The van der Waals surface area contributed by atoms with E-state index in [9.17, 15) is 9.59 Å². The second-order valence-corrected chi connectivity index (χ2v) is 7.85. The highest BCUT2D eigenvalue weighted by molar-refractivity contribution is 6.30. The van der Waals surface area contributed by atoms with Gasteiger partial charge in [-0.15, -0.1) is 0 Å². The van der Waals surface area contributed by atoms with Crippen LogP contribution in [0.25, 0.3) is 0 Å². The number of hydrogen-bond donors (Lipinski definition) is 1. The first-order valence-corrected chi connectivity index (χ1v) is 10.8. The van der Waals surface area contributed by atoms with Crippen molar-refractivity contribution in [1.29, 1.82) is 0 Å². The van der Waals surface area contributed by atoms with Gasteiger partial charge in [-0.1, -0.05) is 84.4 Å². The third kappa shape index (κ3) is 6.69. The van der Waals surface area contributed by atoms with Gasteiger partial charge < -0.3 is 10.2 Å². The highest BCUT2D eigenvalue weighted by Gasteiger charge is 2.30. The molecule has 0 aliphatic heterocycles. The van der Waals surface area contributed by atoms with Crippen molar-refractivity contribution in [1.82, 2.24) is 10.2 Å². The highest BCUT2D eigenvalue weighted by Crippen LogP contribution is 2.18. The summed E-state index contributed by atoms with van der Waals surface area (Å²) in [6.07, 6.45) is 0.624. The van der Waals surface area contributed by atoms with E-state index in [0.717, 1.165) is 16.7 Å². The van der Waals surface area contributed by atoms with E-state index in [0.29, 0.717) is 24.5 Å². The predicted octanol–water partition coefficient (Wildman–Crippen LogP) is 4.66. The average molecular weight is 435 g/mol. The normalized spacial score (nSPS) is 11.5. The summed E-state index contributed by atoms with van der Waals surface area (Å²) in [4.78, 5) is 28.2. The maximum Gasteiger partial charge on any atom is 0.243 e. The molecule has 3 aromatic carbocycles. The molecular formula is C26H27ClN2O2. The molecule has 2 amide bonds. The molecule has 3 aromatic rings. The number of likely N-dealkylation sites (N-methyl/N-ethyl adjacent to an activating group) is 1. The van der Waals surface area contributed by atoms with Crippen LogP contribution in [0, 0.1) is 0 Å². The summed E-state index contributed by atoms with van der Waals surface area (Å²) in [5.74, 6) is -0.264. The van der Waals surface area contributed by atoms with Crippen LogP contribution in [-0.2, 0) is 29.0 Å². The Labute approximate surface area is 188 Å². The van der Waals surface area contributed by atoms with Crippen molar-refractivity contribution in [2.24, 2.45) is 0 Å². The summed E-state index contributed by atoms with van der Waals surface area (Å²) < 4.78 is 0. The second-order valence-electron chi connectivity index (χ2n) is 7.41. The molecule has 0 saturated carbocycles. The van der Waals surface area contributed by atoms with E-state index < -0.39 is 6.04 Å². The second kappa shape index (κ2) is 11.3. The van der Waals surface area contributed by atoms with E-state index in [-0.39, 0.29) is 18.2 Å². The molecule has 0 spiro atoms. The molecule has 0 fully saturated rings. The summed E-state index contributed by atoms with van der Waals surface area (Å²) >= 11 is 6.11. The van der Waals surface area contributed by atoms with E-state index in [1.54, 1.807) is 17.0 Å². The SMILES string of the molecule is CCNC(=O)C(Cc1ccccc1)N(Cc1ccccc1)C(=O)Cc1cccc(Cl)c1. The smallest absolute Gasteiger partial charge is 0.243 e. The van der Waals surface area contributed by atoms with Gasteiger partial charge in [0.2, 0.25) is 11.8 Å². The zero-order chi connectivity index (χ0) is 22.1. The fourth-order valence-corrected chi connectivity index (χ4v) is 3.76. The Morgan fingerprint density at radius 3 is 2.10 bits per heavy atom. The largest absolute Gasteiger partial charge is 0.355 e. The minimum absolute atomic E-state index is 0.113. The zero-order valence-corrected chi connectivity index (χ0v) is 18.4. The van der Waals surface area contributed by atoms with Gasteiger partial charge in [0, 0.05) is 24.5 Å². The molecule has 31 heavy (non-hydrogen) atoms. The molecule has 1 unspecified atom stereocenters. The Morgan fingerprint density at radius 2 is 1.48 bits per heavy atom. The number of carbonyl (C=O) groups excluding carboxylic acids is 2. The van der Waals surface area contributed by atoms with Crippen molar-refractivity contribution in [2.45, 2.75) is 32.4 Å². The average Bonchev–Trinajstić information content (AvgIpc) is 2.77. The van der Waals surface area contributed by atoms with E-state index in [2.05, 4.69) is 5.32 Å². The molecule has 0 aliphatic rings. The van der Waals surface area contributed by atoms with Gasteiger partial charge in [0.25, 0.3) is 0 Å². The Hall–Kier alpha value is -3.11. The Kier molecular flexibility index (Phi) is 8.25. The Morgan fingerprint density at radius 1 is 0.871 bits per heavy atom. The van der Waals surface area contributed by atoms with E-state index in [1.165, 1.54) is 0 Å². The van der Waals surface area contributed by atoms with Crippen LogP contribution in [0.1, 0.15) is 23.6 Å². The quantitative estimate of drug-likeness (QED) is 0.532. The van der Waals surface area contributed by atoms with Gasteiger partial charge in [-0.05, 0) is 35.7 Å². The maximum absolute atomic E-state index is 13.5. The molecule has 0 bridgehead atoms. The molecule has 0 radical (unpaired) electrons. The van der Waals surface area contributed by atoms with Crippen LogP contribution in [0.2, 0.25) is 5.02 Å². The Bertz CT molecular complexity index is 993. The first-order valence-electron chi connectivity index (χ1n) is 10.5. The van der Waals surface area contributed by atoms with Crippen LogP contribution in [0.3, 0.4) is 0 Å². The van der Waals surface area contributed by atoms with Crippen molar-refractivity contribution in [3.8, 4) is 0 Å². The molecule has 160 valence electrons. The predicted molar refractivity (Wildman–Crippen MR) is 125 cm³/mol. The van der Waals surface area contributed by atoms with Gasteiger partial charge in [-0.25, -0.2) is 0 Å². The maximum atomic E-state index is 13.5. The van der Waals surface area contributed by atoms with Crippen molar-refractivity contribution < 1.29 is 9.59 Å². The van der Waals surface area contributed by atoms with Gasteiger partial charge >= 0.3 is 0 Å². The lowest BCUT2D eigenvalue weighted by Gasteiger charge is -2.31. The summed E-state index contributed by atoms with van der Waals surface area (Å²) in [6.45, 7) is 2.74. The first kappa shape index (κ1) is 22.6. The van der Waals surface area contributed by atoms with Crippen LogP contribution in [0.15, 0.2) is 84.9 Å². The van der Waals surface area contributed by atoms with Crippen LogP contribution >= 0.6 is 11.6 Å². The number of nitrogens with zero attached hydrogens (tertiary/aromatic N) is 1. The van der Waals surface area contributed by atoms with Crippen LogP contribution in [-0.4, -0.2) is 29.3 Å².